The molecule has 1 spiro atoms. The third-order valence-electron chi connectivity index (χ3n) is 5.75. The summed E-state index contributed by atoms with van der Waals surface area (Å²) in [6, 6.07) is 3.40. The lowest BCUT2D eigenvalue weighted by molar-refractivity contribution is -0.125. The van der Waals surface area contributed by atoms with E-state index >= 15 is 0 Å². The van der Waals surface area contributed by atoms with E-state index in [0.29, 0.717) is 36.3 Å². The summed E-state index contributed by atoms with van der Waals surface area (Å²) >= 11 is 0. The number of ether oxygens (including phenoxy) is 4. The van der Waals surface area contributed by atoms with Crippen LogP contribution in [0.25, 0.3) is 0 Å². The average Bonchev–Trinajstić information content (AvgIpc) is 2.72. The zero-order valence-electron chi connectivity index (χ0n) is 16.5. The van der Waals surface area contributed by atoms with Gasteiger partial charge < -0.3 is 23.8 Å². The first-order valence-electron chi connectivity index (χ1n) is 9.62. The smallest absolute Gasteiger partial charge is 0.259 e. The maximum atomic E-state index is 13.0. The number of hydrogen-bond donors (Lipinski definition) is 0. The molecule has 27 heavy (non-hydrogen) atoms. The van der Waals surface area contributed by atoms with Gasteiger partial charge in [0.05, 0.1) is 19.8 Å². The van der Waals surface area contributed by atoms with E-state index < -0.39 is 0 Å². The topological polar surface area (TPSA) is 70.1 Å². The first-order chi connectivity index (χ1) is 13.1. The number of nitrogens with zero attached hydrogens (tertiary/aromatic N) is 2. The number of likely N-dealkylation sites (tertiary alicyclic amines) is 1. The molecule has 1 amide bonds. The highest BCUT2D eigenvalue weighted by Crippen LogP contribution is 2.39. The molecule has 0 aliphatic carbocycles. The molecule has 7 nitrogen and oxygen atoms in total. The third kappa shape index (κ3) is 4.52. The molecule has 0 N–H and O–H groups in total. The summed E-state index contributed by atoms with van der Waals surface area (Å²) in [5, 5.41) is 0. The van der Waals surface area contributed by atoms with Crippen molar-refractivity contribution in [3.05, 3.63) is 17.7 Å². The van der Waals surface area contributed by atoms with Crippen LogP contribution in [0.3, 0.4) is 0 Å². The highest BCUT2D eigenvalue weighted by molar-refractivity contribution is 5.96. The van der Waals surface area contributed by atoms with Crippen LogP contribution in [0.5, 0.6) is 11.8 Å². The Morgan fingerprint density at radius 1 is 1.26 bits per heavy atom. The lowest BCUT2D eigenvalue weighted by Gasteiger charge is -2.46. The standard InChI is InChI=1S/C20H30N2O5/c1-24-12-6-15-7-13-27-20(14-15)8-10-22(11-9-20)19(23)16-4-5-17(25-2)21-18(16)26-3/h4-5,15H,6-14H2,1-3H3. The fourth-order valence-electron chi connectivity index (χ4n) is 4.15. The second kappa shape index (κ2) is 8.89. The van der Waals surface area contributed by atoms with E-state index in [0.717, 1.165) is 45.3 Å². The highest BCUT2D eigenvalue weighted by atomic mass is 16.5. The average molecular weight is 378 g/mol. The molecule has 3 rings (SSSR count). The lowest BCUT2D eigenvalue weighted by Crippen LogP contribution is -2.51. The monoisotopic (exact) mass is 378 g/mol. The van der Waals surface area contributed by atoms with Crippen molar-refractivity contribution in [3.8, 4) is 11.8 Å². The van der Waals surface area contributed by atoms with Crippen molar-refractivity contribution in [1.82, 2.24) is 9.88 Å². The maximum Gasteiger partial charge on any atom is 0.259 e. The summed E-state index contributed by atoms with van der Waals surface area (Å²) in [7, 11) is 4.80. The summed E-state index contributed by atoms with van der Waals surface area (Å²) in [6.07, 6.45) is 4.98. The van der Waals surface area contributed by atoms with Gasteiger partial charge in [-0.25, -0.2) is 0 Å². The van der Waals surface area contributed by atoms with Gasteiger partial charge >= 0.3 is 0 Å². The fourth-order valence-corrected chi connectivity index (χ4v) is 4.15. The number of piperidine rings is 1. The Kier molecular flexibility index (Phi) is 6.55. The van der Waals surface area contributed by atoms with Crippen molar-refractivity contribution in [2.24, 2.45) is 5.92 Å². The van der Waals surface area contributed by atoms with Crippen LogP contribution in [0.2, 0.25) is 0 Å². The molecule has 150 valence electrons. The van der Waals surface area contributed by atoms with Crippen LogP contribution in [0.1, 0.15) is 42.5 Å². The summed E-state index contributed by atoms with van der Waals surface area (Å²) in [5.41, 5.74) is 0.382. The quantitative estimate of drug-likeness (QED) is 0.758. The Balaban J connectivity index is 1.62. The summed E-state index contributed by atoms with van der Waals surface area (Å²) in [6.45, 7) is 2.98. The normalized spacial score (nSPS) is 21.9. The number of rotatable bonds is 6. The van der Waals surface area contributed by atoms with Crippen molar-refractivity contribution in [2.45, 2.75) is 37.7 Å². The number of aromatic nitrogens is 1. The lowest BCUT2D eigenvalue weighted by atomic mass is 9.78. The Morgan fingerprint density at radius 2 is 2.04 bits per heavy atom. The molecule has 2 fully saturated rings. The Labute approximate surface area is 160 Å². The third-order valence-corrected chi connectivity index (χ3v) is 5.75. The van der Waals surface area contributed by atoms with Gasteiger partial charge in [-0.05, 0) is 44.1 Å². The molecule has 7 heteroatoms. The van der Waals surface area contributed by atoms with E-state index in [1.165, 1.54) is 14.2 Å². The van der Waals surface area contributed by atoms with Gasteiger partial charge in [0.2, 0.25) is 11.8 Å². The number of amides is 1. The van der Waals surface area contributed by atoms with Crippen LogP contribution in [0.15, 0.2) is 12.1 Å². The van der Waals surface area contributed by atoms with Crippen molar-refractivity contribution in [2.75, 3.05) is 47.6 Å². The minimum absolute atomic E-state index is 0.0522. The molecule has 1 atom stereocenters. The van der Waals surface area contributed by atoms with E-state index in [1.54, 1.807) is 19.2 Å². The molecule has 1 unspecified atom stereocenters. The Bertz CT molecular complexity index is 643. The molecular weight excluding hydrogens is 348 g/mol. The molecular formula is C20H30N2O5. The van der Waals surface area contributed by atoms with Crippen LogP contribution in [-0.4, -0.2) is 69.0 Å². The zero-order valence-corrected chi connectivity index (χ0v) is 16.5. The van der Waals surface area contributed by atoms with Gasteiger partial charge in [-0.2, -0.15) is 4.98 Å². The zero-order chi connectivity index (χ0) is 19.3. The van der Waals surface area contributed by atoms with Gasteiger partial charge in [-0.1, -0.05) is 0 Å². The number of carbonyl (C=O) groups excluding carboxylic acids is 1. The Morgan fingerprint density at radius 3 is 2.70 bits per heavy atom. The summed E-state index contributed by atoms with van der Waals surface area (Å²) in [4.78, 5) is 19.1. The van der Waals surface area contributed by atoms with Crippen LogP contribution in [-0.2, 0) is 9.47 Å². The molecule has 0 aromatic carbocycles. The molecule has 1 aromatic heterocycles. The van der Waals surface area contributed by atoms with Gasteiger partial charge in [0.15, 0.2) is 0 Å². The molecule has 0 saturated carbocycles. The van der Waals surface area contributed by atoms with Crippen LogP contribution < -0.4 is 9.47 Å². The SMILES string of the molecule is COCCC1CCOC2(CCN(C(=O)c3ccc(OC)nc3OC)CC2)C1. The van der Waals surface area contributed by atoms with Crippen LogP contribution in [0, 0.1) is 5.92 Å². The Hall–Kier alpha value is -1.86. The van der Waals surface area contributed by atoms with Gasteiger partial charge in [-0.3, -0.25) is 4.79 Å². The number of carbonyl (C=O) groups is 1. The van der Waals surface area contributed by atoms with Crippen molar-refractivity contribution >= 4 is 5.91 Å². The van der Waals surface area contributed by atoms with Gasteiger partial charge in [-0.15, -0.1) is 0 Å². The largest absolute Gasteiger partial charge is 0.481 e. The molecule has 2 aliphatic rings. The number of hydrogen-bond acceptors (Lipinski definition) is 6. The van der Waals surface area contributed by atoms with Crippen LogP contribution >= 0.6 is 0 Å². The van der Waals surface area contributed by atoms with E-state index in [1.807, 2.05) is 4.90 Å². The predicted octanol–water partition coefficient (Wildman–Crippen LogP) is 2.54. The minimum atomic E-state index is -0.0876. The molecule has 1 aromatic rings. The predicted molar refractivity (Wildman–Crippen MR) is 100 cm³/mol. The van der Waals surface area contributed by atoms with E-state index in [9.17, 15) is 4.79 Å². The summed E-state index contributed by atoms with van der Waals surface area (Å²) in [5.74, 6) is 1.32. The molecule has 0 radical (unpaired) electrons. The highest BCUT2D eigenvalue weighted by Gasteiger charge is 2.41. The second-order valence-electron chi connectivity index (χ2n) is 7.37. The van der Waals surface area contributed by atoms with Gasteiger partial charge in [0.25, 0.3) is 5.91 Å². The van der Waals surface area contributed by atoms with E-state index in [4.69, 9.17) is 18.9 Å². The first-order valence-corrected chi connectivity index (χ1v) is 9.62. The van der Waals surface area contributed by atoms with Gasteiger partial charge in [0, 0.05) is 39.5 Å². The molecule has 3 heterocycles. The van der Waals surface area contributed by atoms with E-state index in [2.05, 4.69) is 4.98 Å². The fraction of sp³-hybridized carbons (Fsp3) is 0.700. The van der Waals surface area contributed by atoms with Crippen molar-refractivity contribution < 1.29 is 23.7 Å². The minimum Gasteiger partial charge on any atom is -0.481 e. The second-order valence-corrected chi connectivity index (χ2v) is 7.37. The molecule has 2 aliphatic heterocycles. The first kappa shape index (κ1) is 19.9. The molecule has 2 saturated heterocycles. The maximum absolute atomic E-state index is 13.0. The van der Waals surface area contributed by atoms with Crippen molar-refractivity contribution in [1.29, 1.82) is 0 Å². The number of methoxy groups -OCH3 is 3. The van der Waals surface area contributed by atoms with E-state index in [-0.39, 0.29) is 11.5 Å². The van der Waals surface area contributed by atoms with Gasteiger partial charge in [0.1, 0.15) is 5.56 Å². The number of pyridine rings is 1. The van der Waals surface area contributed by atoms with Crippen molar-refractivity contribution in [3.63, 3.8) is 0 Å². The summed E-state index contributed by atoms with van der Waals surface area (Å²) < 4.78 is 21.8. The van der Waals surface area contributed by atoms with Crippen LogP contribution in [0.4, 0.5) is 0 Å². The molecule has 0 bridgehead atoms.